The van der Waals surface area contributed by atoms with Crippen molar-refractivity contribution in [3.8, 4) is 17.2 Å². The van der Waals surface area contributed by atoms with Crippen molar-refractivity contribution in [2.45, 2.75) is 175 Å². The number of hydrogen-bond donors (Lipinski definition) is 0. The summed E-state index contributed by atoms with van der Waals surface area (Å²) < 4.78 is 20.3. The minimum atomic E-state index is -1.72. The summed E-state index contributed by atoms with van der Waals surface area (Å²) in [5.41, 5.74) is 3.72. The summed E-state index contributed by atoms with van der Waals surface area (Å²) in [4.78, 5) is 0. The number of benzene rings is 3. The zero-order valence-electron chi connectivity index (χ0n) is 31.6. The van der Waals surface area contributed by atoms with Crippen molar-refractivity contribution < 1.29 is 13.6 Å². The zero-order valence-corrected chi connectivity index (χ0v) is 32.5. The molecule has 3 rings (SSSR count). The fraction of sp³-hybridized carbons (Fsp3) is 0.600. The Morgan fingerprint density at radius 2 is 0.580 bits per heavy atom. The third kappa shape index (κ3) is 19.4. The number of hydrogen-bond acceptors (Lipinski definition) is 3. The van der Waals surface area contributed by atoms with E-state index in [0.29, 0.717) is 0 Å². The molecule has 274 valence electrons. The van der Waals surface area contributed by atoms with E-state index in [4.69, 9.17) is 13.6 Å². The van der Waals surface area contributed by atoms with Gasteiger partial charge in [0.25, 0.3) is 0 Å². The Morgan fingerprint density at radius 1 is 0.340 bits per heavy atom. The van der Waals surface area contributed by atoms with E-state index < -0.39 is 8.60 Å². The van der Waals surface area contributed by atoms with Crippen LogP contribution in [-0.4, -0.2) is 29.6 Å². The molecule has 0 aliphatic rings. The van der Waals surface area contributed by atoms with Crippen LogP contribution in [0.3, 0.4) is 0 Å². The Kier molecular flexibility index (Phi) is 26.8. The zero-order chi connectivity index (χ0) is 34.6. The first-order valence-corrected chi connectivity index (χ1v) is 21.4. The van der Waals surface area contributed by atoms with Crippen molar-refractivity contribution in [3.05, 3.63) is 89.5 Å². The molecule has 50 heavy (non-hydrogen) atoms. The molecule has 0 aliphatic heterocycles. The van der Waals surface area contributed by atoms with Gasteiger partial charge in [0.1, 0.15) is 17.2 Å². The Labute approximate surface area is 331 Å². The molecule has 5 heteroatoms. The maximum atomic E-state index is 6.76. The minimum absolute atomic E-state index is 0. The van der Waals surface area contributed by atoms with Gasteiger partial charge < -0.3 is 13.6 Å². The van der Waals surface area contributed by atoms with E-state index >= 15 is 0 Å². The van der Waals surface area contributed by atoms with Gasteiger partial charge in [-0.15, -0.1) is 0 Å². The SMILES string of the molecule is CCCCCCCCCc1ccccc1OP(Oc1ccccc1CCCCCCCCC)Oc1ccccc1CCCCCCCCC.[NaH]. The first kappa shape index (κ1) is 44.7. The second-order valence-electron chi connectivity index (χ2n) is 13.9. The topological polar surface area (TPSA) is 27.7 Å². The second kappa shape index (κ2) is 30.0. The van der Waals surface area contributed by atoms with E-state index in [9.17, 15) is 0 Å². The standard InChI is InChI=1S/C45H69O3P.Na.H/c1-4-7-10-13-16-19-22-31-40-34-25-28-37-43(40)46-49(47-44-38-29-26-35-41(44)32-23-20-17-14-11-8-5-2)48-45-39-30-27-36-42(45)33-24-21-18-15-12-9-6-3;;/h25-30,34-39H,4-24,31-33H2,1-3H3;;. The molecule has 0 aliphatic carbocycles. The van der Waals surface area contributed by atoms with Gasteiger partial charge in [0, 0.05) is 0 Å². The van der Waals surface area contributed by atoms with Gasteiger partial charge >= 0.3 is 38.2 Å². The van der Waals surface area contributed by atoms with E-state index in [0.717, 1.165) is 36.5 Å². The monoisotopic (exact) mass is 712 g/mol. The molecule has 0 radical (unpaired) electrons. The van der Waals surface area contributed by atoms with Gasteiger partial charge in [0.2, 0.25) is 0 Å². The summed E-state index contributed by atoms with van der Waals surface area (Å²) in [7, 11) is -1.72. The molecule has 3 aromatic rings. The molecular weight excluding hydrogens is 642 g/mol. The molecule has 0 fully saturated rings. The Hall–Kier alpha value is -1.51. The molecule has 0 heterocycles. The normalized spacial score (nSPS) is 11.0. The Morgan fingerprint density at radius 3 is 0.860 bits per heavy atom. The van der Waals surface area contributed by atoms with Crippen LogP contribution in [0.25, 0.3) is 0 Å². The van der Waals surface area contributed by atoms with Crippen LogP contribution in [0.5, 0.6) is 17.2 Å². The molecule has 3 aromatic carbocycles. The molecule has 0 amide bonds. The van der Waals surface area contributed by atoms with E-state index in [1.54, 1.807) is 0 Å². The quantitative estimate of drug-likeness (QED) is 0.0391. The van der Waals surface area contributed by atoms with Crippen molar-refractivity contribution in [3.63, 3.8) is 0 Å². The van der Waals surface area contributed by atoms with Gasteiger partial charge in [-0.3, -0.25) is 0 Å². The van der Waals surface area contributed by atoms with Crippen LogP contribution in [0.2, 0.25) is 0 Å². The molecule has 0 bridgehead atoms. The van der Waals surface area contributed by atoms with Gasteiger partial charge in [-0.05, 0) is 73.4 Å². The van der Waals surface area contributed by atoms with Gasteiger partial charge in [-0.1, -0.05) is 191 Å². The predicted octanol–water partition coefficient (Wildman–Crippen LogP) is 14.7. The molecular formula is C45H70NaO3P. The molecule has 0 saturated heterocycles. The summed E-state index contributed by atoms with van der Waals surface area (Å²) in [6, 6.07) is 25.5. The van der Waals surface area contributed by atoms with Crippen molar-refractivity contribution in [1.29, 1.82) is 0 Å². The van der Waals surface area contributed by atoms with Gasteiger partial charge in [-0.25, -0.2) is 0 Å². The van der Waals surface area contributed by atoms with E-state index in [2.05, 4.69) is 93.6 Å². The Balaban J connectivity index is 0.00000867. The summed E-state index contributed by atoms with van der Waals surface area (Å²) in [5, 5.41) is 0. The summed E-state index contributed by atoms with van der Waals surface area (Å²) in [6.45, 7) is 6.84. The van der Waals surface area contributed by atoms with Crippen molar-refractivity contribution in [2.75, 3.05) is 0 Å². The van der Waals surface area contributed by atoms with Crippen LogP contribution < -0.4 is 13.6 Å². The molecule has 0 atom stereocenters. The first-order chi connectivity index (χ1) is 24.2. The number of rotatable bonds is 30. The van der Waals surface area contributed by atoms with Crippen LogP contribution in [0, 0.1) is 0 Å². The Bertz CT molecular complexity index is 1080. The second-order valence-corrected chi connectivity index (χ2v) is 14.9. The van der Waals surface area contributed by atoms with E-state index in [1.165, 1.54) is 152 Å². The average Bonchev–Trinajstić information content (AvgIpc) is 3.12. The summed E-state index contributed by atoms with van der Waals surface area (Å²) >= 11 is 0. The van der Waals surface area contributed by atoms with E-state index in [-0.39, 0.29) is 29.6 Å². The van der Waals surface area contributed by atoms with Crippen molar-refractivity contribution >= 4 is 38.2 Å². The van der Waals surface area contributed by atoms with Crippen molar-refractivity contribution in [2.24, 2.45) is 0 Å². The fourth-order valence-electron chi connectivity index (χ4n) is 6.51. The van der Waals surface area contributed by atoms with Crippen LogP contribution in [0.4, 0.5) is 0 Å². The number of para-hydroxylation sites is 3. The molecule has 0 saturated carbocycles. The van der Waals surface area contributed by atoms with E-state index in [1.807, 2.05) is 0 Å². The third-order valence-corrected chi connectivity index (χ3v) is 10.6. The van der Waals surface area contributed by atoms with Crippen LogP contribution in [0.15, 0.2) is 72.8 Å². The fourth-order valence-corrected chi connectivity index (χ4v) is 7.64. The summed E-state index contributed by atoms with van der Waals surface area (Å²) in [5.74, 6) is 2.65. The average molecular weight is 713 g/mol. The summed E-state index contributed by atoms with van der Waals surface area (Å²) in [6.07, 6.45) is 30.3. The third-order valence-electron chi connectivity index (χ3n) is 9.59. The van der Waals surface area contributed by atoms with Crippen LogP contribution in [-0.2, 0) is 19.3 Å². The molecule has 0 aromatic heterocycles. The van der Waals surface area contributed by atoms with Gasteiger partial charge in [-0.2, -0.15) is 0 Å². The molecule has 0 spiro atoms. The molecule has 0 N–H and O–H groups in total. The maximum absolute atomic E-state index is 6.76. The molecule has 3 nitrogen and oxygen atoms in total. The van der Waals surface area contributed by atoms with Crippen LogP contribution in [0.1, 0.15) is 172 Å². The number of aryl methyl sites for hydroxylation is 3. The predicted molar refractivity (Wildman–Crippen MR) is 220 cm³/mol. The van der Waals surface area contributed by atoms with Crippen molar-refractivity contribution in [1.82, 2.24) is 0 Å². The van der Waals surface area contributed by atoms with Gasteiger partial charge in [0.05, 0.1) is 0 Å². The number of unbranched alkanes of at least 4 members (excludes halogenated alkanes) is 18. The first-order valence-electron chi connectivity index (χ1n) is 20.3. The van der Waals surface area contributed by atoms with Gasteiger partial charge in [0.15, 0.2) is 0 Å². The van der Waals surface area contributed by atoms with Crippen LogP contribution >= 0.6 is 8.60 Å². The molecule has 0 unspecified atom stereocenters.